The standard InChI is InChI=1S/C19H29FO/c1-18-9-4-3-5-12(18)6-7-13-14(18)8-10-19(2)15(13)11-16(20)17(19)21/h6,13-17,21H,3-5,7-11H2,1-2H3/t13-,14-,15+,16?,17?,18+,19+/m1/s1. The smallest absolute Gasteiger partial charge is 0.127 e. The van der Waals surface area contributed by atoms with E-state index in [1.807, 2.05) is 0 Å². The fraction of sp³-hybridized carbons (Fsp3) is 0.895. The molecule has 0 spiro atoms. The molecule has 118 valence electrons. The monoisotopic (exact) mass is 292 g/mol. The van der Waals surface area contributed by atoms with Crippen molar-refractivity contribution in [2.75, 3.05) is 0 Å². The van der Waals surface area contributed by atoms with Crippen molar-refractivity contribution in [3.8, 4) is 0 Å². The van der Waals surface area contributed by atoms with Crippen molar-refractivity contribution >= 4 is 0 Å². The fourth-order valence-corrected chi connectivity index (χ4v) is 6.64. The second kappa shape index (κ2) is 4.57. The molecule has 2 unspecified atom stereocenters. The molecule has 0 aromatic rings. The number of rotatable bonds is 0. The average molecular weight is 292 g/mol. The molecule has 0 aromatic heterocycles. The van der Waals surface area contributed by atoms with Gasteiger partial charge in [0.1, 0.15) is 6.17 Å². The van der Waals surface area contributed by atoms with Crippen LogP contribution in [0.1, 0.15) is 65.2 Å². The molecule has 4 aliphatic rings. The molecule has 0 amide bonds. The highest BCUT2D eigenvalue weighted by molar-refractivity contribution is 5.24. The van der Waals surface area contributed by atoms with Gasteiger partial charge in [-0.3, -0.25) is 0 Å². The summed E-state index contributed by atoms with van der Waals surface area (Å²) >= 11 is 0. The van der Waals surface area contributed by atoms with Gasteiger partial charge < -0.3 is 5.11 Å². The largest absolute Gasteiger partial charge is 0.390 e. The lowest BCUT2D eigenvalue weighted by molar-refractivity contribution is -0.0720. The number of hydrogen-bond acceptors (Lipinski definition) is 1. The Hall–Kier alpha value is -0.370. The molecule has 0 radical (unpaired) electrons. The van der Waals surface area contributed by atoms with Crippen molar-refractivity contribution < 1.29 is 9.50 Å². The number of allylic oxidation sites excluding steroid dienone is 2. The minimum atomic E-state index is -0.997. The zero-order valence-electron chi connectivity index (χ0n) is 13.4. The van der Waals surface area contributed by atoms with Crippen LogP contribution in [0.25, 0.3) is 0 Å². The van der Waals surface area contributed by atoms with Crippen molar-refractivity contribution in [1.29, 1.82) is 0 Å². The van der Waals surface area contributed by atoms with Gasteiger partial charge in [0.15, 0.2) is 0 Å². The molecule has 3 fully saturated rings. The van der Waals surface area contributed by atoms with Gasteiger partial charge in [-0.05, 0) is 73.5 Å². The van der Waals surface area contributed by atoms with Crippen molar-refractivity contribution in [2.45, 2.75) is 77.5 Å². The quantitative estimate of drug-likeness (QED) is 0.644. The lowest BCUT2D eigenvalue weighted by atomic mass is 9.48. The first-order valence-electron chi connectivity index (χ1n) is 8.98. The van der Waals surface area contributed by atoms with Crippen LogP contribution in [0, 0.1) is 28.6 Å². The zero-order valence-corrected chi connectivity index (χ0v) is 13.4. The summed E-state index contributed by atoms with van der Waals surface area (Å²) < 4.78 is 14.2. The highest BCUT2D eigenvalue weighted by Gasteiger charge is 2.60. The molecule has 1 nitrogen and oxygen atoms in total. The van der Waals surface area contributed by atoms with Gasteiger partial charge in [0, 0.05) is 0 Å². The maximum atomic E-state index is 14.2. The molecule has 0 saturated heterocycles. The van der Waals surface area contributed by atoms with E-state index in [1.54, 1.807) is 5.57 Å². The number of aliphatic hydroxyl groups excluding tert-OH is 1. The van der Waals surface area contributed by atoms with E-state index < -0.39 is 12.3 Å². The van der Waals surface area contributed by atoms with Gasteiger partial charge in [-0.15, -0.1) is 0 Å². The van der Waals surface area contributed by atoms with Crippen molar-refractivity contribution in [3.05, 3.63) is 11.6 Å². The Morgan fingerprint density at radius 3 is 2.81 bits per heavy atom. The topological polar surface area (TPSA) is 20.2 Å². The Bertz CT molecular complexity index is 472. The van der Waals surface area contributed by atoms with Crippen molar-refractivity contribution in [3.63, 3.8) is 0 Å². The van der Waals surface area contributed by atoms with Crippen LogP contribution >= 0.6 is 0 Å². The van der Waals surface area contributed by atoms with Gasteiger partial charge in [-0.25, -0.2) is 4.39 Å². The van der Waals surface area contributed by atoms with E-state index in [2.05, 4.69) is 19.9 Å². The fourth-order valence-electron chi connectivity index (χ4n) is 6.64. The van der Waals surface area contributed by atoms with Crippen LogP contribution in [0.15, 0.2) is 11.6 Å². The molecular weight excluding hydrogens is 263 g/mol. The third-order valence-electron chi connectivity index (χ3n) is 7.95. The molecule has 0 aromatic carbocycles. The number of hydrogen-bond donors (Lipinski definition) is 1. The molecule has 4 rings (SSSR count). The van der Waals surface area contributed by atoms with Crippen LogP contribution in [-0.2, 0) is 0 Å². The molecule has 1 N–H and O–H groups in total. The van der Waals surface area contributed by atoms with Crippen molar-refractivity contribution in [2.24, 2.45) is 28.6 Å². The molecule has 3 saturated carbocycles. The minimum absolute atomic E-state index is 0.170. The Morgan fingerprint density at radius 1 is 1.19 bits per heavy atom. The summed E-state index contributed by atoms with van der Waals surface area (Å²) in [6, 6.07) is 0. The summed E-state index contributed by atoms with van der Waals surface area (Å²) in [5.41, 5.74) is 1.91. The first-order valence-corrected chi connectivity index (χ1v) is 8.98. The van der Waals surface area contributed by atoms with E-state index in [-0.39, 0.29) is 5.41 Å². The highest BCUT2D eigenvalue weighted by Crippen LogP contribution is 2.65. The third kappa shape index (κ3) is 1.77. The van der Waals surface area contributed by atoms with Crippen LogP contribution in [0.4, 0.5) is 4.39 Å². The number of fused-ring (bicyclic) bond motifs is 5. The van der Waals surface area contributed by atoms with Gasteiger partial charge >= 0.3 is 0 Å². The molecule has 21 heavy (non-hydrogen) atoms. The van der Waals surface area contributed by atoms with Gasteiger partial charge in [-0.1, -0.05) is 31.9 Å². The van der Waals surface area contributed by atoms with Crippen LogP contribution in [0.5, 0.6) is 0 Å². The predicted octanol–water partition coefficient (Wildman–Crippen LogP) is 4.65. The minimum Gasteiger partial charge on any atom is -0.390 e. The van der Waals surface area contributed by atoms with E-state index in [1.165, 1.54) is 32.1 Å². The summed E-state index contributed by atoms with van der Waals surface area (Å²) in [4.78, 5) is 0. The first kappa shape index (κ1) is 14.2. The lowest BCUT2D eigenvalue weighted by Gasteiger charge is -2.57. The van der Waals surface area contributed by atoms with Gasteiger partial charge in [0.25, 0.3) is 0 Å². The molecule has 4 aliphatic carbocycles. The summed E-state index contributed by atoms with van der Waals surface area (Å²) in [5.74, 6) is 1.72. The number of aliphatic hydroxyl groups is 1. The Morgan fingerprint density at radius 2 is 2.00 bits per heavy atom. The first-order chi connectivity index (χ1) is 9.97. The zero-order chi connectivity index (χ0) is 14.8. The molecule has 0 bridgehead atoms. The van der Waals surface area contributed by atoms with E-state index in [0.29, 0.717) is 23.7 Å². The van der Waals surface area contributed by atoms with E-state index >= 15 is 0 Å². The van der Waals surface area contributed by atoms with Gasteiger partial charge in [-0.2, -0.15) is 0 Å². The predicted molar refractivity (Wildman–Crippen MR) is 82.6 cm³/mol. The summed E-state index contributed by atoms with van der Waals surface area (Å²) in [6.45, 7) is 4.64. The molecular formula is C19H29FO. The normalized spacial score (nSPS) is 56.2. The van der Waals surface area contributed by atoms with Crippen LogP contribution in [-0.4, -0.2) is 17.4 Å². The average Bonchev–Trinajstić information content (AvgIpc) is 2.70. The third-order valence-corrected chi connectivity index (χ3v) is 7.95. The molecule has 0 heterocycles. The molecule has 7 atom stereocenters. The molecule has 0 aliphatic heterocycles. The van der Waals surface area contributed by atoms with E-state index in [4.69, 9.17) is 0 Å². The Labute approximate surface area is 128 Å². The Balaban J connectivity index is 1.70. The van der Waals surface area contributed by atoms with Crippen molar-refractivity contribution in [1.82, 2.24) is 0 Å². The Kier molecular flexibility index (Phi) is 3.10. The van der Waals surface area contributed by atoms with E-state index in [9.17, 15) is 9.50 Å². The second-order valence-electron chi connectivity index (χ2n) is 8.71. The number of alkyl halides is 1. The SMILES string of the molecule is C[C@]12CCCCC1=CC[C@@H]1[C@H]2CC[C@]2(C)C(O)C(F)C[C@@H]12. The lowest BCUT2D eigenvalue weighted by Crippen LogP contribution is -2.50. The highest BCUT2D eigenvalue weighted by atomic mass is 19.1. The van der Waals surface area contributed by atoms with Gasteiger partial charge in [0.2, 0.25) is 0 Å². The second-order valence-corrected chi connectivity index (χ2v) is 8.71. The maximum absolute atomic E-state index is 14.2. The summed E-state index contributed by atoms with van der Waals surface area (Å²) in [7, 11) is 0. The molecule has 2 heteroatoms. The van der Waals surface area contributed by atoms with Crippen LogP contribution < -0.4 is 0 Å². The maximum Gasteiger partial charge on any atom is 0.127 e. The number of halogens is 1. The van der Waals surface area contributed by atoms with Crippen LogP contribution in [0.2, 0.25) is 0 Å². The van der Waals surface area contributed by atoms with Crippen LogP contribution in [0.3, 0.4) is 0 Å². The van der Waals surface area contributed by atoms with E-state index in [0.717, 1.165) is 18.8 Å². The summed E-state index contributed by atoms with van der Waals surface area (Å²) in [5, 5.41) is 10.3. The van der Waals surface area contributed by atoms with Gasteiger partial charge in [0.05, 0.1) is 6.10 Å². The summed E-state index contributed by atoms with van der Waals surface area (Å²) in [6.07, 6.45) is 10.0.